The second kappa shape index (κ2) is 7.38. The average Bonchev–Trinajstić information content (AvgIpc) is 2.98. The highest BCUT2D eigenvalue weighted by Crippen LogP contribution is 2.46. The lowest BCUT2D eigenvalue weighted by Crippen LogP contribution is -2.53. The van der Waals surface area contributed by atoms with Gasteiger partial charge in [0.1, 0.15) is 11.9 Å². The molecular formula is C25H29FN2O2. The SMILES string of the molecule is CC1(C)Cc2ccc(-c3ccc(F)cc3)cc2C1NC(=O)O[C@@H]1CN2CCC1CC2. The van der Waals surface area contributed by atoms with E-state index in [-0.39, 0.29) is 29.5 Å². The third-order valence-corrected chi connectivity index (χ3v) is 7.18. The number of hydrogen-bond acceptors (Lipinski definition) is 3. The number of hydrogen-bond donors (Lipinski definition) is 1. The zero-order chi connectivity index (χ0) is 20.9. The van der Waals surface area contributed by atoms with Crippen LogP contribution in [0.5, 0.6) is 0 Å². The molecule has 0 saturated carbocycles. The Morgan fingerprint density at radius 1 is 1.10 bits per heavy atom. The van der Waals surface area contributed by atoms with Crippen LogP contribution in [0.25, 0.3) is 11.1 Å². The summed E-state index contributed by atoms with van der Waals surface area (Å²) in [6.45, 7) is 7.48. The number of benzene rings is 2. The molecule has 5 heteroatoms. The Morgan fingerprint density at radius 3 is 2.47 bits per heavy atom. The molecule has 30 heavy (non-hydrogen) atoms. The molecule has 3 saturated heterocycles. The van der Waals surface area contributed by atoms with Gasteiger partial charge in [-0.2, -0.15) is 0 Å². The molecule has 4 aliphatic rings. The standard InChI is InChI=1S/C25H29FN2O2/c1-25(2)14-19-4-3-18(16-5-7-20(26)8-6-16)13-21(19)23(25)27-24(29)30-22-15-28-11-9-17(22)10-12-28/h3-8,13,17,22-23H,9-12,14-15H2,1-2H3,(H,27,29)/t22-,23?/m1/s1. The van der Waals surface area contributed by atoms with E-state index in [2.05, 4.69) is 42.3 Å². The molecule has 1 N–H and O–H groups in total. The Labute approximate surface area is 177 Å². The molecule has 1 amide bonds. The minimum atomic E-state index is -0.313. The van der Waals surface area contributed by atoms with Gasteiger partial charge in [-0.1, -0.05) is 38.1 Å². The largest absolute Gasteiger partial charge is 0.445 e. The number of carbonyl (C=O) groups excluding carboxylic acids is 1. The molecule has 0 radical (unpaired) electrons. The lowest BCUT2D eigenvalue weighted by Gasteiger charge is -2.44. The molecule has 158 valence electrons. The summed E-state index contributed by atoms with van der Waals surface area (Å²) in [5.41, 5.74) is 4.28. The normalized spacial score (nSPS) is 28.8. The molecule has 3 aliphatic heterocycles. The first-order valence-electron chi connectivity index (χ1n) is 11.0. The number of nitrogens with one attached hydrogen (secondary N) is 1. The fourth-order valence-electron chi connectivity index (χ4n) is 5.47. The van der Waals surface area contributed by atoms with Crippen molar-refractivity contribution in [2.45, 2.75) is 45.3 Å². The summed E-state index contributed by atoms with van der Waals surface area (Å²) >= 11 is 0. The molecule has 2 aromatic rings. The fraction of sp³-hybridized carbons (Fsp3) is 0.480. The van der Waals surface area contributed by atoms with Crippen molar-refractivity contribution >= 4 is 6.09 Å². The molecule has 2 bridgehead atoms. The Bertz CT molecular complexity index is 948. The van der Waals surface area contributed by atoms with Crippen molar-refractivity contribution in [2.75, 3.05) is 19.6 Å². The number of halogens is 1. The molecule has 3 fully saturated rings. The van der Waals surface area contributed by atoms with E-state index in [1.807, 2.05) is 0 Å². The Hall–Kier alpha value is -2.40. The van der Waals surface area contributed by atoms with Crippen molar-refractivity contribution in [3.05, 3.63) is 59.4 Å². The summed E-state index contributed by atoms with van der Waals surface area (Å²) in [5, 5.41) is 3.18. The van der Waals surface area contributed by atoms with Crippen LogP contribution < -0.4 is 5.32 Å². The predicted molar refractivity (Wildman–Crippen MR) is 115 cm³/mol. The van der Waals surface area contributed by atoms with Crippen LogP contribution in [-0.4, -0.2) is 36.7 Å². The second-order valence-electron chi connectivity index (χ2n) is 9.74. The van der Waals surface area contributed by atoms with Crippen molar-refractivity contribution in [2.24, 2.45) is 11.3 Å². The van der Waals surface area contributed by atoms with Crippen LogP contribution in [0.3, 0.4) is 0 Å². The van der Waals surface area contributed by atoms with E-state index in [1.54, 1.807) is 12.1 Å². The van der Waals surface area contributed by atoms with Crippen molar-refractivity contribution in [3.8, 4) is 11.1 Å². The van der Waals surface area contributed by atoms with Gasteiger partial charge < -0.3 is 10.1 Å². The maximum atomic E-state index is 13.3. The monoisotopic (exact) mass is 408 g/mol. The molecule has 6 rings (SSSR count). The van der Waals surface area contributed by atoms with Crippen molar-refractivity contribution in [3.63, 3.8) is 0 Å². The van der Waals surface area contributed by atoms with Gasteiger partial charge in [0.15, 0.2) is 0 Å². The molecule has 0 aromatic heterocycles. The summed E-state index contributed by atoms with van der Waals surface area (Å²) in [6.07, 6.45) is 2.83. The summed E-state index contributed by atoms with van der Waals surface area (Å²) < 4.78 is 19.2. The highest BCUT2D eigenvalue weighted by Gasteiger charge is 2.42. The lowest BCUT2D eigenvalue weighted by atomic mass is 9.85. The molecule has 4 nitrogen and oxygen atoms in total. The third-order valence-electron chi connectivity index (χ3n) is 7.18. The van der Waals surface area contributed by atoms with E-state index in [0.29, 0.717) is 5.92 Å². The number of carbonyl (C=O) groups is 1. The van der Waals surface area contributed by atoms with Crippen molar-refractivity contribution in [1.29, 1.82) is 0 Å². The minimum Gasteiger partial charge on any atom is -0.445 e. The number of ether oxygens (including phenoxy) is 1. The number of nitrogens with zero attached hydrogens (tertiary/aromatic N) is 1. The topological polar surface area (TPSA) is 41.6 Å². The smallest absolute Gasteiger partial charge is 0.407 e. The first-order chi connectivity index (χ1) is 14.4. The zero-order valence-corrected chi connectivity index (χ0v) is 17.7. The molecule has 1 unspecified atom stereocenters. The molecule has 2 atom stereocenters. The number of fused-ring (bicyclic) bond motifs is 4. The zero-order valence-electron chi connectivity index (χ0n) is 17.7. The number of amides is 1. The van der Waals surface area contributed by atoms with E-state index in [1.165, 1.54) is 17.7 Å². The number of alkyl carbamates (subject to hydrolysis) is 1. The highest BCUT2D eigenvalue weighted by molar-refractivity contribution is 5.70. The van der Waals surface area contributed by atoms with Gasteiger partial charge in [-0.3, -0.25) is 4.90 Å². The second-order valence-corrected chi connectivity index (χ2v) is 9.74. The van der Waals surface area contributed by atoms with Gasteiger partial charge in [0.25, 0.3) is 0 Å². The van der Waals surface area contributed by atoms with Crippen LogP contribution in [0.15, 0.2) is 42.5 Å². The van der Waals surface area contributed by atoms with E-state index in [4.69, 9.17) is 4.74 Å². The van der Waals surface area contributed by atoms with Gasteiger partial charge >= 0.3 is 6.09 Å². The molecular weight excluding hydrogens is 379 g/mol. The molecule has 2 aromatic carbocycles. The van der Waals surface area contributed by atoms with Crippen LogP contribution in [0, 0.1) is 17.2 Å². The van der Waals surface area contributed by atoms with Crippen LogP contribution >= 0.6 is 0 Å². The van der Waals surface area contributed by atoms with Gasteiger partial charge in [0.05, 0.1) is 6.04 Å². The Morgan fingerprint density at radius 2 is 1.80 bits per heavy atom. The first-order valence-corrected chi connectivity index (χ1v) is 11.0. The van der Waals surface area contributed by atoms with E-state index >= 15 is 0 Å². The Balaban J connectivity index is 1.35. The molecule has 3 heterocycles. The van der Waals surface area contributed by atoms with E-state index in [9.17, 15) is 9.18 Å². The van der Waals surface area contributed by atoms with Crippen molar-refractivity contribution in [1.82, 2.24) is 10.2 Å². The van der Waals surface area contributed by atoms with E-state index in [0.717, 1.165) is 55.6 Å². The predicted octanol–water partition coefficient (Wildman–Crippen LogP) is 4.94. The van der Waals surface area contributed by atoms with Gasteiger partial charge in [-0.15, -0.1) is 0 Å². The summed E-state index contributed by atoms with van der Waals surface area (Å²) in [5.74, 6) is 0.255. The minimum absolute atomic E-state index is 0.00188. The van der Waals surface area contributed by atoms with Gasteiger partial charge in [0, 0.05) is 6.54 Å². The van der Waals surface area contributed by atoms with Crippen molar-refractivity contribution < 1.29 is 13.9 Å². The average molecular weight is 409 g/mol. The Kier molecular flexibility index (Phi) is 4.81. The van der Waals surface area contributed by atoms with Gasteiger partial charge in [0.2, 0.25) is 0 Å². The maximum absolute atomic E-state index is 13.3. The highest BCUT2D eigenvalue weighted by atomic mass is 19.1. The van der Waals surface area contributed by atoms with Crippen LogP contribution in [-0.2, 0) is 11.2 Å². The van der Waals surface area contributed by atoms with Crippen LogP contribution in [0.1, 0.15) is 43.9 Å². The summed E-state index contributed by atoms with van der Waals surface area (Å²) in [4.78, 5) is 15.2. The van der Waals surface area contributed by atoms with E-state index < -0.39 is 0 Å². The number of piperidine rings is 3. The fourth-order valence-corrected chi connectivity index (χ4v) is 5.47. The van der Waals surface area contributed by atoms with Crippen LogP contribution in [0.2, 0.25) is 0 Å². The maximum Gasteiger partial charge on any atom is 0.407 e. The quantitative estimate of drug-likeness (QED) is 0.782. The first kappa shape index (κ1) is 19.6. The van der Waals surface area contributed by atoms with Gasteiger partial charge in [-0.25, -0.2) is 9.18 Å². The van der Waals surface area contributed by atoms with Crippen LogP contribution in [0.4, 0.5) is 9.18 Å². The molecule has 0 spiro atoms. The lowest BCUT2D eigenvalue weighted by molar-refractivity contribution is -0.0348. The number of rotatable bonds is 3. The summed E-state index contributed by atoms with van der Waals surface area (Å²) in [7, 11) is 0. The molecule has 1 aliphatic carbocycles. The third kappa shape index (κ3) is 3.60. The van der Waals surface area contributed by atoms with Gasteiger partial charge in [-0.05, 0) is 84.1 Å². The summed E-state index contributed by atoms with van der Waals surface area (Å²) in [6, 6.07) is 12.8.